The molecule has 1 aromatic carbocycles. The molecule has 0 atom stereocenters. The number of likely N-dealkylation sites (N-methyl/N-ethyl adjacent to an activating group) is 1. The molecular weight excluding hydrogens is 352 g/mol. The van der Waals surface area contributed by atoms with E-state index in [-0.39, 0.29) is 12.5 Å². The van der Waals surface area contributed by atoms with Crippen molar-refractivity contribution in [2.75, 3.05) is 27.2 Å². The van der Waals surface area contributed by atoms with Crippen LogP contribution in [0.1, 0.15) is 28.9 Å². The van der Waals surface area contributed by atoms with Gasteiger partial charge in [-0.25, -0.2) is 4.99 Å². The number of aromatic nitrogens is 2. The second-order valence-corrected chi connectivity index (χ2v) is 7.10. The number of rotatable bonds is 8. The van der Waals surface area contributed by atoms with Crippen molar-refractivity contribution in [1.29, 1.82) is 0 Å². The van der Waals surface area contributed by atoms with E-state index in [1.54, 1.807) is 19.0 Å². The number of hydrogen-bond donors (Lipinski definition) is 2. The Hall–Kier alpha value is -2.83. The number of aryl methyl sites for hydroxylation is 2. The Morgan fingerprint density at radius 1 is 1.18 bits per heavy atom. The minimum atomic E-state index is 0.0100. The maximum atomic E-state index is 11.9. The molecule has 2 N–H and O–H groups in total. The SMILES string of the molecule is Cc1nn(C)c(C)c1CCCNC(=NCc1ccccc1)NCC(=O)N(C)C. The van der Waals surface area contributed by atoms with E-state index in [1.807, 2.05) is 42.1 Å². The molecular formula is C21H32N6O. The van der Waals surface area contributed by atoms with E-state index in [9.17, 15) is 4.79 Å². The van der Waals surface area contributed by atoms with Crippen LogP contribution in [0, 0.1) is 13.8 Å². The van der Waals surface area contributed by atoms with Gasteiger partial charge in [0.1, 0.15) is 0 Å². The van der Waals surface area contributed by atoms with Crippen LogP contribution < -0.4 is 10.6 Å². The third kappa shape index (κ3) is 6.40. The first-order chi connectivity index (χ1) is 13.4. The number of aliphatic imine (C=N–C) groups is 1. The van der Waals surface area contributed by atoms with Crippen LogP contribution in [0.4, 0.5) is 0 Å². The van der Waals surface area contributed by atoms with Gasteiger partial charge in [0.25, 0.3) is 0 Å². The molecule has 0 saturated carbocycles. The van der Waals surface area contributed by atoms with E-state index in [0.717, 1.165) is 30.6 Å². The van der Waals surface area contributed by atoms with Crippen molar-refractivity contribution in [3.05, 3.63) is 52.8 Å². The Morgan fingerprint density at radius 3 is 2.50 bits per heavy atom. The summed E-state index contributed by atoms with van der Waals surface area (Å²) in [5, 5.41) is 10.9. The maximum absolute atomic E-state index is 11.9. The first kappa shape index (κ1) is 21.5. The Kier molecular flexibility index (Phi) is 8.04. The number of carbonyl (C=O) groups is 1. The second-order valence-electron chi connectivity index (χ2n) is 7.10. The lowest BCUT2D eigenvalue weighted by molar-refractivity contribution is -0.127. The average Bonchev–Trinajstić information content (AvgIpc) is 2.92. The van der Waals surface area contributed by atoms with Crippen molar-refractivity contribution in [1.82, 2.24) is 25.3 Å². The Bertz CT molecular complexity index is 795. The van der Waals surface area contributed by atoms with E-state index in [1.165, 1.54) is 11.3 Å². The van der Waals surface area contributed by atoms with Crippen molar-refractivity contribution in [2.24, 2.45) is 12.0 Å². The molecule has 7 heteroatoms. The second kappa shape index (κ2) is 10.5. The zero-order chi connectivity index (χ0) is 20.5. The average molecular weight is 385 g/mol. The molecule has 0 aliphatic heterocycles. The van der Waals surface area contributed by atoms with E-state index in [2.05, 4.69) is 34.6 Å². The van der Waals surface area contributed by atoms with Gasteiger partial charge in [0, 0.05) is 33.4 Å². The van der Waals surface area contributed by atoms with Gasteiger partial charge in [-0.1, -0.05) is 30.3 Å². The molecule has 0 bridgehead atoms. The lowest BCUT2D eigenvalue weighted by Gasteiger charge is -2.15. The molecule has 1 heterocycles. The van der Waals surface area contributed by atoms with Gasteiger partial charge in [0.05, 0.1) is 18.8 Å². The van der Waals surface area contributed by atoms with Gasteiger partial charge < -0.3 is 15.5 Å². The summed E-state index contributed by atoms with van der Waals surface area (Å²) in [4.78, 5) is 18.1. The van der Waals surface area contributed by atoms with Crippen LogP contribution in [-0.4, -0.2) is 53.7 Å². The Balaban J connectivity index is 1.91. The molecule has 0 saturated heterocycles. The van der Waals surface area contributed by atoms with E-state index in [4.69, 9.17) is 0 Å². The summed E-state index contributed by atoms with van der Waals surface area (Å²) < 4.78 is 1.93. The highest BCUT2D eigenvalue weighted by Gasteiger charge is 2.09. The third-order valence-electron chi connectivity index (χ3n) is 4.72. The number of guanidine groups is 1. The molecule has 1 aromatic heterocycles. The molecule has 0 unspecified atom stereocenters. The fourth-order valence-corrected chi connectivity index (χ4v) is 2.90. The van der Waals surface area contributed by atoms with Crippen LogP contribution in [0.25, 0.3) is 0 Å². The summed E-state index contributed by atoms with van der Waals surface area (Å²) in [6.45, 7) is 5.70. The van der Waals surface area contributed by atoms with Crippen molar-refractivity contribution in [3.63, 3.8) is 0 Å². The molecule has 0 aliphatic carbocycles. The standard InChI is InChI=1S/C21H32N6O/c1-16-19(17(2)27(5)25-16)12-9-13-22-21(24-15-20(28)26(3)4)23-14-18-10-7-6-8-11-18/h6-8,10-11H,9,12-15H2,1-5H3,(H2,22,23,24). The maximum Gasteiger partial charge on any atom is 0.241 e. The van der Waals surface area contributed by atoms with Crippen molar-refractivity contribution >= 4 is 11.9 Å². The molecule has 0 fully saturated rings. The van der Waals surface area contributed by atoms with E-state index in [0.29, 0.717) is 12.5 Å². The molecule has 0 spiro atoms. The highest BCUT2D eigenvalue weighted by atomic mass is 16.2. The number of hydrogen-bond acceptors (Lipinski definition) is 3. The fraction of sp³-hybridized carbons (Fsp3) is 0.476. The minimum absolute atomic E-state index is 0.0100. The normalized spacial score (nSPS) is 11.4. The minimum Gasteiger partial charge on any atom is -0.356 e. The van der Waals surface area contributed by atoms with E-state index >= 15 is 0 Å². The Labute approximate surface area is 167 Å². The molecule has 2 rings (SSSR count). The summed E-state index contributed by atoms with van der Waals surface area (Å²) >= 11 is 0. The van der Waals surface area contributed by atoms with Crippen LogP contribution in [0.15, 0.2) is 35.3 Å². The van der Waals surface area contributed by atoms with Crippen molar-refractivity contribution in [2.45, 2.75) is 33.2 Å². The van der Waals surface area contributed by atoms with Gasteiger partial charge in [0.2, 0.25) is 5.91 Å². The molecule has 28 heavy (non-hydrogen) atoms. The highest BCUT2D eigenvalue weighted by molar-refractivity contribution is 5.86. The summed E-state index contributed by atoms with van der Waals surface area (Å²) in [5.74, 6) is 0.662. The number of nitrogens with one attached hydrogen (secondary N) is 2. The number of amides is 1. The monoisotopic (exact) mass is 384 g/mol. The predicted octanol–water partition coefficient (Wildman–Crippen LogP) is 1.79. The van der Waals surface area contributed by atoms with Crippen molar-refractivity contribution < 1.29 is 4.79 Å². The van der Waals surface area contributed by atoms with Crippen LogP contribution in [0.3, 0.4) is 0 Å². The van der Waals surface area contributed by atoms with Gasteiger partial charge in [0.15, 0.2) is 5.96 Å². The molecule has 0 radical (unpaired) electrons. The first-order valence-electron chi connectivity index (χ1n) is 9.63. The smallest absolute Gasteiger partial charge is 0.241 e. The van der Waals surface area contributed by atoms with Crippen LogP contribution >= 0.6 is 0 Å². The fourth-order valence-electron chi connectivity index (χ4n) is 2.90. The van der Waals surface area contributed by atoms with E-state index < -0.39 is 0 Å². The largest absolute Gasteiger partial charge is 0.356 e. The number of benzene rings is 1. The van der Waals surface area contributed by atoms with Gasteiger partial charge >= 0.3 is 0 Å². The molecule has 7 nitrogen and oxygen atoms in total. The summed E-state index contributed by atoms with van der Waals surface area (Å²) in [7, 11) is 5.47. The van der Waals surface area contributed by atoms with Gasteiger partial charge in [-0.3, -0.25) is 9.48 Å². The summed E-state index contributed by atoms with van der Waals surface area (Å²) in [6, 6.07) is 10.1. The zero-order valence-electron chi connectivity index (χ0n) is 17.6. The first-order valence-corrected chi connectivity index (χ1v) is 9.63. The molecule has 0 aliphatic rings. The topological polar surface area (TPSA) is 74.5 Å². The predicted molar refractivity (Wildman–Crippen MR) is 113 cm³/mol. The summed E-state index contributed by atoms with van der Waals surface area (Å²) in [6.07, 6.45) is 1.92. The molecule has 152 valence electrons. The van der Waals surface area contributed by atoms with Gasteiger partial charge in [-0.05, 0) is 37.8 Å². The lowest BCUT2D eigenvalue weighted by atomic mass is 10.1. The van der Waals surface area contributed by atoms with Crippen LogP contribution in [-0.2, 0) is 24.8 Å². The number of nitrogens with zero attached hydrogens (tertiary/aromatic N) is 4. The molecule has 2 aromatic rings. The highest BCUT2D eigenvalue weighted by Crippen LogP contribution is 2.13. The van der Waals surface area contributed by atoms with Crippen LogP contribution in [0.5, 0.6) is 0 Å². The van der Waals surface area contributed by atoms with Gasteiger partial charge in [-0.15, -0.1) is 0 Å². The quantitative estimate of drug-likeness (QED) is 0.413. The van der Waals surface area contributed by atoms with Crippen LogP contribution in [0.2, 0.25) is 0 Å². The van der Waals surface area contributed by atoms with Gasteiger partial charge in [-0.2, -0.15) is 5.10 Å². The van der Waals surface area contributed by atoms with Crippen molar-refractivity contribution in [3.8, 4) is 0 Å². The lowest BCUT2D eigenvalue weighted by Crippen LogP contribution is -2.43. The zero-order valence-corrected chi connectivity index (χ0v) is 17.6. The number of carbonyl (C=O) groups excluding carboxylic acids is 1. The molecule has 1 amide bonds. The third-order valence-corrected chi connectivity index (χ3v) is 4.72. The Morgan fingerprint density at radius 2 is 1.89 bits per heavy atom. The summed E-state index contributed by atoms with van der Waals surface area (Å²) in [5.41, 5.74) is 4.74.